The van der Waals surface area contributed by atoms with E-state index in [4.69, 9.17) is 11.6 Å². The Morgan fingerprint density at radius 1 is 1.53 bits per heavy atom. The minimum absolute atomic E-state index is 0.603. The Hall–Kier alpha value is -0.870. The molecule has 0 radical (unpaired) electrons. The van der Waals surface area contributed by atoms with Crippen molar-refractivity contribution in [2.45, 2.75) is 25.7 Å². The van der Waals surface area contributed by atoms with Crippen LogP contribution in [0, 0.1) is 6.92 Å². The molecule has 0 aromatic carbocycles. The van der Waals surface area contributed by atoms with E-state index in [9.17, 15) is 0 Å². The highest BCUT2D eigenvalue weighted by molar-refractivity contribution is 7.14. The molecule has 0 spiro atoms. The molecule has 0 aliphatic heterocycles. The van der Waals surface area contributed by atoms with Crippen molar-refractivity contribution in [2.24, 2.45) is 0 Å². The first-order valence-electron chi connectivity index (χ1n) is 4.92. The summed E-state index contributed by atoms with van der Waals surface area (Å²) in [5, 5.41) is 10.0. The van der Waals surface area contributed by atoms with Crippen molar-refractivity contribution in [3.63, 3.8) is 0 Å². The number of thiophene rings is 1. The molecular weight excluding hydrogens is 230 g/mol. The van der Waals surface area contributed by atoms with Crippen LogP contribution in [0.4, 0.5) is 0 Å². The van der Waals surface area contributed by atoms with E-state index < -0.39 is 0 Å². The third kappa shape index (κ3) is 1.58. The predicted molar refractivity (Wildman–Crippen MR) is 61.4 cm³/mol. The largest absolute Gasteiger partial charge is 0.262 e. The molecule has 3 rings (SSSR count). The Morgan fingerprint density at radius 2 is 2.33 bits per heavy atom. The van der Waals surface area contributed by atoms with Gasteiger partial charge in [-0.15, -0.1) is 11.3 Å². The van der Waals surface area contributed by atoms with Crippen LogP contribution in [0.2, 0.25) is 5.02 Å². The number of aromatic amines is 1. The summed E-state index contributed by atoms with van der Waals surface area (Å²) in [5.74, 6) is 2.35. The molecule has 1 saturated carbocycles. The zero-order valence-corrected chi connectivity index (χ0v) is 9.82. The van der Waals surface area contributed by atoms with Crippen molar-refractivity contribution in [3.8, 4) is 10.7 Å². The number of aromatic nitrogens is 3. The summed E-state index contributed by atoms with van der Waals surface area (Å²) in [6.07, 6.45) is 2.46. The molecule has 15 heavy (non-hydrogen) atoms. The lowest BCUT2D eigenvalue weighted by atomic mass is 10.3. The molecule has 2 heterocycles. The van der Waals surface area contributed by atoms with Gasteiger partial charge < -0.3 is 0 Å². The summed E-state index contributed by atoms with van der Waals surface area (Å²) >= 11 is 7.76. The first-order chi connectivity index (χ1) is 7.25. The van der Waals surface area contributed by atoms with Gasteiger partial charge in [0.1, 0.15) is 5.82 Å². The fraction of sp³-hybridized carbons (Fsp3) is 0.400. The zero-order chi connectivity index (χ0) is 10.4. The van der Waals surface area contributed by atoms with Gasteiger partial charge in [0.05, 0.1) is 9.90 Å². The molecule has 5 heteroatoms. The maximum atomic E-state index is 6.16. The van der Waals surface area contributed by atoms with E-state index in [1.807, 2.05) is 12.3 Å². The lowest BCUT2D eigenvalue weighted by molar-refractivity contribution is 0.935. The highest BCUT2D eigenvalue weighted by atomic mass is 35.5. The van der Waals surface area contributed by atoms with Crippen LogP contribution in [-0.2, 0) is 0 Å². The monoisotopic (exact) mass is 239 g/mol. The van der Waals surface area contributed by atoms with E-state index in [0.717, 1.165) is 27.1 Å². The van der Waals surface area contributed by atoms with Crippen LogP contribution in [0.25, 0.3) is 10.7 Å². The Morgan fingerprint density at radius 3 is 2.93 bits per heavy atom. The van der Waals surface area contributed by atoms with Crippen LogP contribution in [0.1, 0.15) is 30.1 Å². The maximum absolute atomic E-state index is 6.16. The number of hydrogen-bond donors (Lipinski definition) is 1. The topological polar surface area (TPSA) is 41.6 Å². The second kappa shape index (κ2) is 3.32. The first-order valence-corrected chi connectivity index (χ1v) is 6.17. The summed E-state index contributed by atoms with van der Waals surface area (Å²) in [5.41, 5.74) is 1.09. The minimum Gasteiger partial charge on any atom is -0.262 e. The predicted octanol–water partition coefficient (Wildman–Crippen LogP) is 3.37. The maximum Gasteiger partial charge on any atom is 0.192 e. The van der Waals surface area contributed by atoms with Gasteiger partial charge in [-0.3, -0.25) is 5.10 Å². The summed E-state index contributed by atoms with van der Waals surface area (Å²) in [7, 11) is 0. The Balaban J connectivity index is 2.00. The third-order valence-corrected chi connectivity index (χ3v) is 4.26. The van der Waals surface area contributed by atoms with E-state index in [1.54, 1.807) is 11.3 Å². The molecule has 1 aliphatic carbocycles. The van der Waals surface area contributed by atoms with E-state index >= 15 is 0 Å². The van der Waals surface area contributed by atoms with Crippen LogP contribution in [-0.4, -0.2) is 15.2 Å². The molecule has 0 atom stereocenters. The first kappa shape index (κ1) is 9.36. The number of rotatable bonds is 2. The SMILES string of the molecule is Cc1csc(-c2n[nH]c(C3CC3)n2)c1Cl. The average molecular weight is 240 g/mol. The van der Waals surface area contributed by atoms with Crippen molar-refractivity contribution < 1.29 is 0 Å². The summed E-state index contributed by atoms with van der Waals surface area (Å²) in [4.78, 5) is 5.45. The molecule has 1 aliphatic rings. The molecule has 0 amide bonds. The molecule has 2 aromatic heterocycles. The van der Waals surface area contributed by atoms with Gasteiger partial charge in [0, 0.05) is 5.92 Å². The Kier molecular flexibility index (Phi) is 2.07. The van der Waals surface area contributed by atoms with Gasteiger partial charge in [0.2, 0.25) is 0 Å². The van der Waals surface area contributed by atoms with Crippen LogP contribution in [0.15, 0.2) is 5.38 Å². The fourth-order valence-corrected chi connectivity index (χ4v) is 2.71. The van der Waals surface area contributed by atoms with Crippen molar-refractivity contribution in [3.05, 3.63) is 21.8 Å². The van der Waals surface area contributed by atoms with Crippen LogP contribution in [0.5, 0.6) is 0 Å². The normalized spacial score (nSPS) is 15.9. The second-order valence-corrected chi connectivity index (χ2v) is 5.14. The van der Waals surface area contributed by atoms with Crippen molar-refractivity contribution in [1.82, 2.24) is 15.2 Å². The van der Waals surface area contributed by atoms with Gasteiger partial charge >= 0.3 is 0 Å². The van der Waals surface area contributed by atoms with E-state index in [1.165, 1.54) is 12.8 Å². The lowest BCUT2D eigenvalue weighted by Crippen LogP contribution is -1.81. The second-order valence-electron chi connectivity index (χ2n) is 3.88. The molecule has 2 aromatic rings. The number of nitrogens with zero attached hydrogens (tertiary/aromatic N) is 2. The third-order valence-electron chi connectivity index (χ3n) is 2.57. The molecule has 78 valence electrons. The van der Waals surface area contributed by atoms with Crippen molar-refractivity contribution >= 4 is 22.9 Å². The molecule has 1 fully saturated rings. The smallest absolute Gasteiger partial charge is 0.192 e. The summed E-state index contributed by atoms with van der Waals surface area (Å²) < 4.78 is 0. The van der Waals surface area contributed by atoms with Crippen molar-refractivity contribution in [2.75, 3.05) is 0 Å². The Bertz CT molecular complexity index is 498. The van der Waals surface area contributed by atoms with Gasteiger partial charge in [0.25, 0.3) is 0 Å². The van der Waals surface area contributed by atoms with Crippen LogP contribution >= 0.6 is 22.9 Å². The summed E-state index contributed by atoms with van der Waals surface area (Å²) in [6, 6.07) is 0. The van der Waals surface area contributed by atoms with E-state index in [0.29, 0.717) is 5.92 Å². The van der Waals surface area contributed by atoms with Crippen LogP contribution < -0.4 is 0 Å². The fourth-order valence-electron chi connectivity index (χ4n) is 1.50. The van der Waals surface area contributed by atoms with Gasteiger partial charge in [-0.1, -0.05) is 11.6 Å². The number of aryl methyl sites for hydroxylation is 1. The number of H-pyrrole nitrogens is 1. The van der Waals surface area contributed by atoms with E-state index in [-0.39, 0.29) is 0 Å². The van der Waals surface area contributed by atoms with E-state index in [2.05, 4.69) is 15.2 Å². The molecule has 3 nitrogen and oxygen atoms in total. The van der Waals surface area contributed by atoms with Gasteiger partial charge in [0.15, 0.2) is 5.82 Å². The molecule has 1 N–H and O–H groups in total. The molecule has 0 bridgehead atoms. The zero-order valence-electron chi connectivity index (χ0n) is 8.25. The van der Waals surface area contributed by atoms with Gasteiger partial charge in [-0.05, 0) is 30.7 Å². The average Bonchev–Trinajstić information content (AvgIpc) is 2.89. The highest BCUT2D eigenvalue weighted by Crippen LogP contribution is 2.40. The van der Waals surface area contributed by atoms with Crippen molar-refractivity contribution in [1.29, 1.82) is 0 Å². The van der Waals surface area contributed by atoms with Crippen LogP contribution in [0.3, 0.4) is 0 Å². The number of halogens is 1. The Labute approximate surface area is 96.5 Å². The molecule has 0 saturated heterocycles. The molecular formula is C10H10ClN3S. The van der Waals surface area contributed by atoms with Gasteiger partial charge in [-0.25, -0.2) is 4.98 Å². The lowest BCUT2D eigenvalue weighted by Gasteiger charge is -1.90. The summed E-state index contributed by atoms with van der Waals surface area (Å²) in [6.45, 7) is 2.00. The quantitative estimate of drug-likeness (QED) is 0.873. The highest BCUT2D eigenvalue weighted by Gasteiger charge is 2.27. The van der Waals surface area contributed by atoms with Gasteiger partial charge in [-0.2, -0.15) is 5.10 Å². The number of nitrogens with one attached hydrogen (secondary N) is 1. The molecule has 0 unspecified atom stereocenters. The number of hydrogen-bond acceptors (Lipinski definition) is 3. The standard InChI is InChI=1S/C10H10ClN3S/c1-5-4-15-8(7(5)11)10-12-9(13-14-10)6-2-3-6/h4,6H,2-3H2,1H3,(H,12,13,14). The minimum atomic E-state index is 0.603.